The number of anilines is 1. The Morgan fingerprint density at radius 3 is 2.72 bits per heavy atom. The number of nitrogens with zero attached hydrogens (tertiary/aromatic N) is 3. The lowest BCUT2D eigenvalue weighted by atomic mass is 9.87. The molecule has 1 saturated carbocycles. The minimum Gasteiger partial charge on any atom is -0.329 e. The number of carbonyl (C=O) groups excluding carboxylic acids is 1. The molecule has 2 aromatic heterocycles. The number of amides is 1. The molecule has 29 heavy (non-hydrogen) atoms. The Balaban J connectivity index is 1.43. The average molecular weight is 403 g/mol. The van der Waals surface area contributed by atoms with E-state index in [0.29, 0.717) is 17.3 Å². The highest BCUT2D eigenvalue weighted by Gasteiger charge is 2.46. The van der Waals surface area contributed by atoms with Gasteiger partial charge in [0.25, 0.3) is 5.92 Å². The maximum Gasteiger partial charge on any atom is 0.257 e. The number of likely N-dealkylation sites (tertiary alicyclic amines) is 1. The number of aromatic amines is 1. The monoisotopic (exact) mass is 403 g/mol. The van der Waals surface area contributed by atoms with E-state index in [1.54, 1.807) is 18.0 Å². The second-order valence-electron chi connectivity index (χ2n) is 7.81. The first-order valence-corrected chi connectivity index (χ1v) is 9.77. The van der Waals surface area contributed by atoms with Crippen molar-refractivity contribution >= 4 is 11.7 Å². The number of pyridine rings is 1. The highest BCUT2D eigenvalue weighted by atomic mass is 19.3. The largest absolute Gasteiger partial charge is 0.329 e. The number of hydrogen-bond acceptors (Lipinski definition) is 5. The normalized spacial score (nSPS) is 22.8. The maximum atomic E-state index is 14.5. The molecule has 0 unspecified atom stereocenters. The van der Waals surface area contributed by atoms with Crippen molar-refractivity contribution < 1.29 is 13.6 Å². The molecule has 4 rings (SSSR count). The van der Waals surface area contributed by atoms with Crippen molar-refractivity contribution in [3.05, 3.63) is 52.3 Å². The van der Waals surface area contributed by atoms with Gasteiger partial charge in [-0.3, -0.25) is 19.5 Å². The number of piperidine rings is 1. The Morgan fingerprint density at radius 1 is 1.31 bits per heavy atom. The first-order chi connectivity index (χ1) is 13.8. The zero-order valence-corrected chi connectivity index (χ0v) is 16.1. The second-order valence-corrected chi connectivity index (χ2v) is 7.81. The van der Waals surface area contributed by atoms with Crippen LogP contribution in [0.1, 0.15) is 49.3 Å². The first kappa shape index (κ1) is 19.6. The molecule has 154 valence electrons. The zero-order valence-electron chi connectivity index (χ0n) is 16.1. The van der Waals surface area contributed by atoms with Crippen LogP contribution in [0.2, 0.25) is 0 Å². The summed E-state index contributed by atoms with van der Waals surface area (Å²) in [6, 6.07) is 2.05. The van der Waals surface area contributed by atoms with Crippen LogP contribution in [0.25, 0.3) is 0 Å². The Labute approximate surface area is 166 Å². The molecular formula is C20H23F2N5O2. The maximum absolute atomic E-state index is 14.5. The highest BCUT2D eigenvalue weighted by Crippen LogP contribution is 2.40. The van der Waals surface area contributed by atoms with Gasteiger partial charge >= 0.3 is 0 Å². The molecular weight excluding hydrogens is 380 g/mol. The van der Waals surface area contributed by atoms with E-state index in [-0.39, 0.29) is 31.0 Å². The minimum atomic E-state index is -2.91. The van der Waals surface area contributed by atoms with E-state index in [9.17, 15) is 18.4 Å². The van der Waals surface area contributed by atoms with Gasteiger partial charge in [-0.2, -0.15) is 0 Å². The molecule has 9 heteroatoms. The number of H-pyrrole nitrogens is 1. The molecule has 2 N–H and O–H groups in total. The third kappa shape index (κ3) is 4.34. The molecule has 1 saturated heterocycles. The number of halogens is 2. The summed E-state index contributed by atoms with van der Waals surface area (Å²) >= 11 is 0. The molecule has 2 atom stereocenters. The van der Waals surface area contributed by atoms with Gasteiger partial charge in [0.2, 0.25) is 11.5 Å². The van der Waals surface area contributed by atoms with Crippen LogP contribution in [-0.4, -0.2) is 50.8 Å². The SMILES string of the molecule is C[C@@H](C(=O)Nc1cnc(C2CC2)cn1)N1CCC(F)(F)[C@@H](c2ccc(=O)[nH]c2)C1. The van der Waals surface area contributed by atoms with Crippen molar-refractivity contribution in [1.29, 1.82) is 0 Å². The number of carbonyl (C=O) groups is 1. The smallest absolute Gasteiger partial charge is 0.257 e. The highest BCUT2D eigenvalue weighted by molar-refractivity contribution is 5.93. The molecule has 0 spiro atoms. The molecule has 0 aromatic carbocycles. The van der Waals surface area contributed by atoms with Crippen LogP contribution in [0.5, 0.6) is 0 Å². The second kappa shape index (κ2) is 7.62. The summed E-state index contributed by atoms with van der Waals surface area (Å²) in [7, 11) is 0. The topological polar surface area (TPSA) is 91.0 Å². The Morgan fingerprint density at radius 2 is 2.10 bits per heavy atom. The summed E-state index contributed by atoms with van der Waals surface area (Å²) in [6.45, 7) is 1.81. The van der Waals surface area contributed by atoms with Gasteiger partial charge in [-0.05, 0) is 25.3 Å². The lowest BCUT2D eigenvalue weighted by molar-refractivity contribution is -0.125. The van der Waals surface area contributed by atoms with Crippen LogP contribution in [0, 0.1) is 0 Å². The molecule has 3 heterocycles. The number of nitrogens with one attached hydrogen (secondary N) is 2. The van der Waals surface area contributed by atoms with Gasteiger partial charge in [0.1, 0.15) is 0 Å². The third-order valence-corrected chi connectivity index (χ3v) is 5.72. The summed E-state index contributed by atoms with van der Waals surface area (Å²) in [6.07, 6.45) is 6.41. The fourth-order valence-corrected chi connectivity index (χ4v) is 3.66. The molecule has 0 bridgehead atoms. The predicted octanol–water partition coefficient (Wildman–Crippen LogP) is 2.49. The summed E-state index contributed by atoms with van der Waals surface area (Å²) in [4.78, 5) is 36.6. The molecule has 2 aromatic rings. The molecule has 0 radical (unpaired) electrons. The fraction of sp³-hybridized carbons (Fsp3) is 0.500. The van der Waals surface area contributed by atoms with Crippen LogP contribution in [0.3, 0.4) is 0 Å². The predicted molar refractivity (Wildman–Crippen MR) is 103 cm³/mol. The van der Waals surface area contributed by atoms with Gasteiger partial charge in [-0.25, -0.2) is 13.8 Å². The van der Waals surface area contributed by atoms with E-state index in [0.717, 1.165) is 18.5 Å². The summed E-state index contributed by atoms with van der Waals surface area (Å²) < 4.78 is 29.0. The van der Waals surface area contributed by atoms with Crippen LogP contribution in [0.15, 0.2) is 35.5 Å². The van der Waals surface area contributed by atoms with Crippen molar-refractivity contribution in [2.75, 3.05) is 18.4 Å². The van der Waals surface area contributed by atoms with Gasteiger partial charge in [-0.1, -0.05) is 6.07 Å². The van der Waals surface area contributed by atoms with E-state index >= 15 is 0 Å². The van der Waals surface area contributed by atoms with Gasteiger partial charge in [0.15, 0.2) is 5.82 Å². The minimum absolute atomic E-state index is 0.0138. The molecule has 1 aliphatic heterocycles. The van der Waals surface area contributed by atoms with E-state index in [4.69, 9.17) is 0 Å². The Hall–Kier alpha value is -2.68. The quantitative estimate of drug-likeness (QED) is 0.801. The summed E-state index contributed by atoms with van der Waals surface area (Å²) in [5, 5.41) is 2.72. The van der Waals surface area contributed by atoms with Crippen LogP contribution in [0.4, 0.5) is 14.6 Å². The Bertz CT molecular complexity index is 922. The fourth-order valence-electron chi connectivity index (χ4n) is 3.66. The van der Waals surface area contributed by atoms with Crippen LogP contribution in [-0.2, 0) is 4.79 Å². The van der Waals surface area contributed by atoms with Crippen molar-refractivity contribution in [2.24, 2.45) is 0 Å². The first-order valence-electron chi connectivity index (χ1n) is 9.77. The molecule has 2 aliphatic rings. The standard InChI is InChI=1S/C20H23F2N5O2/c1-12(19(29)26-17-10-23-16(9-24-17)13-2-3-13)27-7-6-20(21,22)15(11-27)14-4-5-18(28)25-8-14/h4-5,8-10,12-13,15H,2-3,6-7,11H2,1H3,(H,25,28)(H,24,26,29)/t12-,15+/m0/s1. The van der Waals surface area contributed by atoms with Gasteiger partial charge < -0.3 is 10.3 Å². The molecule has 1 amide bonds. The zero-order chi connectivity index (χ0) is 20.6. The van der Waals surface area contributed by atoms with Gasteiger partial charge in [0.05, 0.1) is 30.0 Å². The van der Waals surface area contributed by atoms with E-state index in [1.807, 2.05) is 0 Å². The van der Waals surface area contributed by atoms with Crippen molar-refractivity contribution in [3.8, 4) is 0 Å². The lowest BCUT2D eigenvalue weighted by Crippen LogP contribution is -2.52. The van der Waals surface area contributed by atoms with E-state index in [1.165, 1.54) is 24.5 Å². The molecule has 7 nitrogen and oxygen atoms in total. The van der Waals surface area contributed by atoms with Crippen LogP contribution >= 0.6 is 0 Å². The van der Waals surface area contributed by atoms with Gasteiger partial charge in [-0.15, -0.1) is 0 Å². The van der Waals surface area contributed by atoms with E-state index < -0.39 is 17.9 Å². The Kier molecular flexibility index (Phi) is 5.16. The molecule has 2 fully saturated rings. The van der Waals surface area contributed by atoms with Gasteiger partial charge in [0, 0.05) is 37.7 Å². The number of alkyl halides is 2. The van der Waals surface area contributed by atoms with E-state index in [2.05, 4.69) is 20.3 Å². The van der Waals surface area contributed by atoms with Crippen molar-refractivity contribution in [2.45, 2.75) is 50.0 Å². The molecule has 1 aliphatic carbocycles. The number of rotatable bonds is 5. The van der Waals surface area contributed by atoms with Crippen molar-refractivity contribution in [3.63, 3.8) is 0 Å². The summed E-state index contributed by atoms with van der Waals surface area (Å²) in [5.41, 5.74) is 0.942. The summed E-state index contributed by atoms with van der Waals surface area (Å²) in [5.74, 6) is -3.49. The lowest BCUT2D eigenvalue weighted by Gasteiger charge is -2.40. The number of hydrogen-bond donors (Lipinski definition) is 2. The third-order valence-electron chi connectivity index (χ3n) is 5.72. The van der Waals surface area contributed by atoms with Crippen LogP contribution < -0.4 is 10.9 Å². The number of aromatic nitrogens is 3. The average Bonchev–Trinajstić information content (AvgIpc) is 3.54. The van der Waals surface area contributed by atoms with Crippen molar-refractivity contribution in [1.82, 2.24) is 19.9 Å².